The topological polar surface area (TPSA) is 107 Å². The van der Waals surface area contributed by atoms with Gasteiger partial charge in [0.05, 0.1) is 0 Å². The molecule has 0 fully saturated rings. The van der Waals surface area contributed by atoms with E-state index in [9.17, 15) is 0 Å². The summed E-state index contributed by atoms with van der Waals surface area (Å²) in [5.41, 5.74) is 26.5. The summed E-state index contributed by atoms with van der Waals surface area (Å²) in [6, 6.07) is 76.3. The van der Waals surface area contributed by atoms with Crippen LogP contribution in [0.3, 0.4) is 0 Å². The molecule has 0 bridgehead atoms. The fourth-order valence-corrected chi connectivity index (χ4v) is 21.4. The first-order valence-electron chi connectivity index (χ1n) is 45.8. The molecular weight excluding hydrogens is 1480 g/mol. The summed E-state index contributed by atoms with van der Waals surface area (Å²) in [7, 11) is 9.28. The number of carbonyl (C=O) groups is 3. The molecule has 9 heteroatoms. The van der Waals surface area contributed by atoms with E-state index in [2.05, 4.69) is 133 Å². The number of ether oxygens (including phenoxy) is 6. The number of fused-ring (bicyclic) bond motifs is 12. The van der Waals surface area contributed by atoms with E-state index in [1.165, 1.54) is 88.6 Å². The summed E-state index contributed by atoms with van der Waals surface area (Å²) in [5, 5.41) is 0. The van der Waals surface area contributed by atoms with E-state index in [0.717, 1.165) is 187 Å². The van der Waals surface area contributed by atoms with Crippen LogP contribution < -0.4 is 0 Å². The molecule has 0 N–H and O–H groups in total. The van der Waals surface area contributed by atoms with Gasteiger partial charge in [0.25, 0.3) is 17.4 Å². The largest absolute Gasteiger partial charge is 0.343 e. The monoisotopic (exact) mass is 1610 g/mol. The number of Topliss-reactive ketones (excluding diaryl/α,β-unsaturated/α-hetero) is 3. The Morgan fingerprint density at radius 1 is 0.242 bits per heavy atom. The normalized spacial score (nSPS) is 14.0. The van der Waals surface area contributed by atoms with Crippen LogP contribution in [0.15, 0.2) is 218 Å². The molecule has 13 rings (SSSR count). The van der Waals surface area contributed by atoms with Gasteiger partial charge in [0.1, 0.15) is 0 Å². The minimum Gasteiger partial charge on any atom is -0.343 e. The highest BCUT2D eigenvalue weighted by Gasteiger charge is 2.58. The number of ketones is 3. The molecule has 0 spiro atoms. The van der Waals surface area contributed by atoms with E-state index in [1.807, 2.05) is 127 Å². The van der Waals surface area contributed by atoms with Crippen molar-refractivity contribution >= 4 is 17.3 Å². The number of hydrogen-bond acceptors (Lipinski definition) is 9. The lowest BCUT2D eigenvalue weighted by Gasteiger charge is -2.40. The quantitative estimate of drug-likeness (QED) is 0.0209. The maximum Gasteiger partial charge on any atom is 0.260 e. The van der Waals surface area contributed by atoms with Crippen molar-refractivity contribution in [1.82, 2.24) is 0 Å². The molecule has 0 heterocycles. The third-order valence-corrected chi connectivity index (χ3v) is 27.6. The first-order valence-corrected chi connectivity index (χ1v) is 45.8. The molecule has 0 saturated carbocycles. The SMILES string of the molecule is CCCCCCC1(CCCCCC)c2cc(-c3ccc(C(=O)C(OC)(OC)c4ccccc4)cc3)ccc2-c2c1c1c(c3c2C(CCCCCC)(CCCCCC)c2cc(-c4ccc(C(=O)C(OC)(OC)c5ccccc5)cc4)ccc2-3)C(CCCCCC)(CCCCCC)c2cc(-c3ccc(C(=O)C(OC)(OC)c4ccccc4)cc3)ccc2-1. The van der Waals surface area contributed by atoms with Crippen molar-refractivity contribution in [3.05, 3.63) is 285 Å². The Bertz CT molecular complexity index is 4500. The summed E-state index contributed by atoms with van der Waals surface area (Å²) >= 11 is 0. The number of rotatable bonds is 48. The molecule has 0 saturated heterocycles. The van der Waals surface area contributed by atoms with Crippen LogP contribution in [0.4, 0.5) is 0 Å². The number of carbonyl (C=O) groups excluding carboxylic acids is 3. The second-order valence-electron chi connectivity index (χ2n) is 34.5. The van der Waals surface area contributed by atoms with E-state index in [-0.39, 0.29) is 17.3 Å². The number of hydrogen-bond donors (Lipinski definition) is 0. The van der Waals surface area contributed by atoms with Gasteiger partial charge in [-0.15, -0.1) is 0 Å². The van der Waals surface area contributed by atoms with Gasteiger partial charge < -0.3 is 28.4 Å². The molecule has 3 aliphatic carbocycles. The van der Waals surface area contributed by atoms with E-state index in [1.54, 1.807) is 59.3 Å². The van der Waals surface area contributed by atoms with Crippen molar-refractivity contribution in [1.29, 1.82) is 0 Å². The van der Waals surface area contributed by atoms with E-state index in [4.69, 9.17) is 28.4 Å². The van der Waals surface area contributed by atoms with Crippen LogP contribution in [0.2, 0.25) is 0 Å². The van der Waals surface area contributed by atoms with Gasteiger partial charge in [-0.1, -0.05) is 396 Å². The standard InChI is InChI=1S/C111H132O9/c1-13-19-25-40-70-106(71-41-26-20-14-2)94-76-85(79-52-58-82(59-53-79)103(112)109(115-7,116-8)88-46-34-31-35-47-88)64-67-91(94)97-100(106)98-92-68-65-86(80-54-60-83(61-55-80)104(113)110(117-9,118-10)89-48-36-32-37-49-89)77-95(92)107(72-42-27-21-15-3,73-43-28-22-16-4)102(98)99-93-69-66-87(78-96(93)108(101(97)99,74-44-29-23-17-5)75-45-30-24-18-6)81-56-62-84(63-57-81)105(114)111(119-11,120-12)90-50-38-33-39-51-90/h31-39,46-69,76-78H,13-30,40-45,70-75H2,1-12H3. The van der Waals surface area contributed by atoms with Crippen LogP contribution in [0.1, 0.15) is 315 Å². The van der Waals surface area contributed by atoms with Gasteiger partial charge in [-0.25, -0.2) is 0 Å². The Morgan fingerprint density at radius 2 is 0.442 bits per heavy atom. The molecule has 0 aromatic heterocycles. The summed E-state index contributed by atoms with van der Waals surface area (Å²) in [5.74, 6) is -5.65. The Hall–Kier alpha value is -9.03. The van der Waals surface area contributed by atoms with E-state index < -0.39 is 33.6 Å². The lowest BCUT2D eigenvalue weighted by molar-refractivity contribution is -0.176. The summed E-state index contributed by atoms with van der Waals surface area (Å²) in [6.07, 6.45) is 33.5. The van der Waals surface area contributed by atoms with Crippen LogP contribution in [-0.4, -0.2) is 60.0 Å². The minimum atomic E-state index is -1.62. The zero-order valence-electron chi connectivity index (χ0n) is 74.2. The number of methoxy groups -OCH3 is 6. The van der Waals surface area contributed by atoms with Crippen molar-refractivity contribution in [3.63, 3.8) is 0 Å². The highest BCUT2D eigenvalue weighted by molar-refractivity contribution is 6.08. The summed E-state index contributed by atoms with van der Waals surface area (Å²) in [4.78, 5) is 45.0. The molecule has 0 radical (unpaired) electrons. The van der Waals surface area contributed by atoms with Crippen molar-refractivity contribution in [2.24, 2.45) is 0 Å². The van der Waals surface area contributed by atoms with Gasteiger partial charge >= 0.3 is 0 Å². The van der Waals surface area contributed by atoms with Gasteiger partial charge in [0.2, 0.25) is 17.3 Å². The highest BCUT2D eigenvalue weighted by Crippen LogP contribution is 2.72. The summed E-state index contributed by atoms with van der Waals surface area (Å²) in [6.45, 7) is 14.1. The number of benzene rings is 10. The molecule has 630 valence electrons. The van der Waals surface area contributed by atoms with Crippen LogP contribution >= 0.6 is 0 Å². The van der Waals surface area contributed by atoms with Gasteiger partial charge in [-0.2, -0.15) is 0 Å². The average molecular weight is 1610 g/mol. The average Bonchev–Trinajstić information content (AvgIpc) is 1.48. The first kappa shape index (κ1) is 88.7. The first-order chi connectivity index (χ1) is 58.7. The number of unbranched alkanes of at least 4 members (excludes halogenated alkanes) is 18. The maximum atomic E-state index is 15.0. The smallest absolute Gasteiger partial charge is 0.260 e. The van der Waals surface area contributed by atoms with Crippen LogP contribution in [-0.2, 0) is 62.0 Å². The van der Waals surface area contributed by atoms with Crippen LogP contribution in [0, 0.1) is 0 Å². The minimum absolute atomic E-state index is 0.259. The molecule has 10 aromatic rings. The zero-order chi connectivity index (χ0) is 84.5. The lowest BCUT2D eigenvalue weighted by atomic mass is 9.63. The van der Waals surface area contributed by atoms with Crippen molar-refractivity contribution in [2.45, 2.75) is 268 Å². The Kier molecular flexibility index (Phi) is 29.8. The third kappa shape index (κ3) is 16.7. The van der Waals surface area contributed by atoms with Crippen LogP contribution in [0.25, 0.3) is 66.8 Å². The molecule has 9 nitrogen and oxygen atoms in total. The molecule has 10 aromatic carbocycles. The Labute approximate surface area is 718 Å². The second-order valence-corrected chi connectivity index (χ2v) is 34.5. The molecule has 0 atom stereocenters. The molecule has 3 aliphatic rings. The Balaban J connectivity index is 1.13. The highest BCUT2D eigenvalue weighted by atomic mass is 16.7. The fourth-order valence-electron chi connectivity index (χ4n) is 21.4. The van der Waals surface area contributed by atoms with E-state index >= 15 is 14.4 Å². The predicted molar refractivity (Wildman–Crippen MR) is 493 cm³/mol. The molecule has 0 unspecified atom stereocenters. The molecule has 120 heavy (non-hydrogen) atoms. The maximum absolute atomic E-state index is 15.0. The molecular formula is C111H132O9. The van der Waals surface area contributed by atoms with Crippen molar-refractivity contribution < 1.29 is 42.8 Å². The predicted octanol–water partition coefficient (Wildman–Crippen LogP) is 29.3. The summed E-state index contributed by atoms with van der Waals surface area (Å²) < 4.78 is 36.5. The van der Waals surface area contributed by atoms with Crippen molar-refractivity contribution in [3.8, 4) is 66.8 Å². The van der Waals surface area contributed by atoms with Gasteiger partial charge in [-0.05, 0) is 157 Å². The van der Waals surface area contributed by atoms with Gasteiger partial charge in [0.15, 0.2) is 0 Å². The Morgan fingerprint density at radius 3 is 0.633 bits per heavy atom. The lowest BCUT2D eigenvalue weighted by Crippen LogP contribution is -2.39. The second kappa shape index (κ2) is 40.3. The molecule has 0 aliphatic heterocycles. The van der Waals surface area contributed by atoms with Gasteiger partial charge in [-0.3, -0.25) is 14.4 Å². The molecule has 0 amide bonds. The zero-order valence-corrected chi connectivity index (χ0v) is 74.2. The van der Waals surface area contributed by atoms with E-state index in [0.29, 0.717) is 33.4 Å². The third-order valence-electron chi connectivity index (χ3n) is 27.6. The van der Waals surface area contributed by atoms with Crippen molar-refractivity contribution in [2.75, 3.05) is 42.7 Å². The fraction of sp³-hybridized carbons (Fsp3) is 0.432. The van der Waals surface area contributed by atoms with Crippen LogP contribution in [0.5, 0.6) is 0 Å². The van der Waals surface area contributed by atoms with Gasteiger partial charge in [0, 0.05) is 92.3 Å².